The maximum absolute atomic E-state index is 5.78. The molecule has 2 fully saturated rings. The summed E-state index contributed by atoms with van der Waals surface area (Å²) in [6.07, 6.45) is 8.84. The average molecular weight is 276 g/mol. The zero-order valence-electron chi connectivity index (χ0n) is 12.3. The van der Waals surface area contributed by atoms with Crippen molar-refractivity contribution < 1.29 is 4.74 Å². The van der Waals surface area contributed by atoms with Gasteiger partial charge in [0.2, 0.25) is 0 Å². The van der Waals surface area contributed by atoms with Gasteiger partial charge in [0.15, 0.2) is 0 Å². The number of rotatable bonds is 3. The highest BCUT2D eigenvalue weighted by Crippen LogP contribution is 2.17. The van der Waals surface area contributed by atoms with Crippen molar-refractivity contribution in [1.29, 1.82) is 0 Å². The Bertz CT molecular complexity index is 416. The third-order valence-corrected chi connectivity index (χ3v) is 4.15. The lowest BCUT2D eigenvalue weighted by Crippen LogP contribution is -2.41. The van der Waals surface area contributed by atoms with E-state index in [0.717, 1.165) is 50.7 Å². The summed E-state index contributed by atoms with van der Waals surface area (Å²) in [5.74, 6) is 1.02. The van der Waals surface area contributed by atoms with E-state index in [1.165, 1.54) is 19.3 Å². The van der Waals surface area contributed by atoms with Crippen molar-refractivity contribution in [3.05, 3.63) is 18.1 Å². The van der Waals surface area contributed by atoms with Gasteiger partial charge in [0.25, 0.3) is 0 Å². The molecule has 0 radical (unpaired) electrons. The molecule has 1 aromatic heterocycles. The molecule has 110 valence electrons. The van der Waals surface area contributed by atoms with Gasteiger partial charge in [0, 0.05) is 32.6 Å². The average Bonchev–Trinajstić information content (AvgIpc) is 2.49. The summed E-state index contributed by atoms with van der Waals surface area (Å²) in [6, 6.07) is 0. The summed E-state index contributed by atoms with van der Waals surface area (Å²) >= 11 is 0. The van der Waals surface area contributed by atoms with Gasteiger partial charge >= 0.3 is 0 Å². The molecule has 2 aliphatic rings. The topological polar surface area (TPSA) is 41.5 Å². The molecule has 0 N–H and O–H groups in total. The molecule has 2 aliphatic heterocycles. The molecule has 0 bridgehead atoms. The second-order valence-electron chi connectivity index (χ2n) is 5.87. The zero-order chi connectivity index (χ0) is 13.8. The number of ether oxygens (including phenoxy) is 1. The van der Waals surface area contributed by atoms with Crippen molar-refractivity contribution in [3.63, 3.8) is 0 Å². The van der Waals surface area contributed by atoms with Gasteiger partial charge in [-0.1, -0.05) is 0 Å². The summed E-state index contributed by atoms with van der Waals surface area (Å²) in [7, 11) is 2.14. The Morgan fingerprint density at radius 1 is 1.15 bits per heavy atom. The van der Waals surface area contributed by atoms with Gasteiger partial charge in [-0.15, -0.1) is 0 Å². The first kappa shape index (κ1) is 13.8. The number of likely N-dealkylation sites (N-methyl/N-ethyl adjacent to an activating group) is 1. The van der Waals surface area contributed by atoms with Crippen LogP contribution in [0.25, 0.3) is 0 Å². The molecule has 5 heteroatoms. The Kier molecular flexibility index (Phi) is 4.47. The smallest absolute Gasteiger partial charge is 0.147 e. The summed E-state index contributed by atoms with van der Waals surface area (Å²) in [4.78, 5) is 13.8. The minimum absolute atomic E-state index is 0.254. The molecule has 1 unspecified atom stereocenters. The van der Waals surface area contributed by atoms with E-state index >= 15 is 0 Å². The molecule has 0 saturated carbocycles. The van der Waals surface area contributed by atoms with E-state index in [9.17, 15) is 0 Å². The molecule has 1 atom stereocenters. The minimum Gasteiger partial charge on any atom is -0.375 e. The third kappa shape index (κ3) is 3.46. The Morgan fingerprint density at radius 3 is 2.70 bits per heavy atom. The molecule has 20 heavy (non-hydrogen) atoms. The highest BCUT2D eigenvalue weighted by molar-refractivity contribution is 5.36. The van der Waals surface area contributed by atoms with Crippen molar-refractivity contribution >= 4 is 5.82 Å². The fourth-order valence-corrected chi connectivity index (χ4v) is 2.96. The van der Waals surface area contributed by atoms with Crippen LogP contribution in [0, 0.1) is 0 Å². The number of piperidine rings is 1. The second-order valence-corrected chi connectivity index (χ2v) is 5.87. The molecule has 0 aliphatic carbocycles. The van der Waals surface area contributed by atoms with E-state index in [0.29, 0.717) is 0 Å². The standard InChI is InChI=1S/C15H24N4O/c1-18-7-8-20-14(12-18)9-13-10-17-15(11-16-13)19-5-3-2-4-6-19/h10-11,14H,2-9,12H2,1H3. The molecule has 0 spiro atoms. The Morgan fingerprint density at radius 2 is 2.00 bits per heavy atom. The van der Waals surface area contributed by atoms with Crippen LogP contribution >= 0.6 is 0 Å². The normalized spacial score (nSPS) is 24.9. The monoisotopic (exact) mass is 276 g/mol. The van der Waals surface area contributed by atoms with E-state index in [-0.39, 0.29) is 6.10 Å². The van der Waals surface area contributed by atoms with E-state index in [1.807, 2.05) is 12.4 Å². The van der Waals surface area contributed by atoms with Gasteiger partial charge in [0.05, 0.1) is 30.8 Å². The lowest BCUT2D eigenvalue weighted by Gasteiger charge is -2.30. The number of anilines is 1. The quantitative estimate of drug-likeness (QED) is 0.833. The highest BCUT2D eigenvalue weighted by Gasteiger charge is 2.19. The molecule has 0 amide bonds. The van der Waals surface area contributed by atoms with Crippen LogP contribution in [0.1, 0.15) is 25.0 Å². The van der Waals surface area contributed by atoms with Crippen LogP contribution < -0.4 is 4.90 Å². The van der Waals surface area contributed by atoms with Crippen LogP contribution in [0.5, 0.6) is 0 Å². The predicted octanol–water partition coefficient (Wildman–Crippen LogP) is 1.34. The lowest BCUT2D eigenvalue weighted by atomic mass is 10.1. The first-order chi connectivity index (χ1) is 9.81. The van der Waals surface area contributed by atoms with Gasteiger partial charge in [-0.25, -0.2) is 4.98 Å². The molecule has 3 rings (SSSR count). The third-order valence-electron chi connectivity index (χ3n) is 4.15. The molecule has 5 nitrogen and oxygen atoms in total. The second kappa shape index (κ2) is 6.50. The maximum atomic E-state index is 5.78. The molecular weight excluding hydrogens is 252 g/mol. The van der Waals surface area contributed by atoms with Crippen LogP contribution in [-0.4, -0.2) is 60.8 Å². The van der Waals surface area contributed by atoms with Crippen molar-refractivity contribution in [2.45, 2.75) is 31.8 Å². The van der Waals surface area contributed by atoms with Crippen molar-refractivity contribution in [2.75, 3.05) is 44.7 Å². The summed E-state index contributed by atoms with van der Waals surface area (Å²) in [5.41, 5.74) is 1.03. The van der Waals surface area contributed by atoms with Gasteiger partial charge < -0.3 is 14.5 Å². The van der Waals surface area contributed by atoms with Crippen LogP contribution in [-0.2, 0) is 11.2 Å². The highest BCUT2D eigenvalue weighted by atomic mass is 16.5. The predicted molar refractivity (Wildman–Crippen MR) is 79.0 cm³/mol. The van der Waals surface area contributed by atoms with Crippen LogP contribution in [0.2, 0.25) is 0 Å². The van der Waals surface area contributed by atoms with E-state index in [1.54, 1.807) is 0 Å². The van der Waals surface area contributed by atoms with Crippen molar-refractivity contribution in [2.24, 2.45) is 0 Å². The van der Waals surface area contributed by atoms with Crippen molar-refractivity contribution in [3.8, 4) is 0 Å². The molecule has 0 aromatic carbocycles. The van der Waals surface area contributed by atoms with Crippen LogP contribution in [0.3, 0.4) is 0 Å². The van der Waals surface area contributed by atoms with E-state index < -0.39 is 0 Å². The number of hydrogen-bond donors (Lipinski definition) is 0. The summed E-state index contributed by atoms with van der Waals surface area (Å²) in [6.45, 7) is 5.06. The number of morpholine rings is 1. The van der Waals surface area contributed by atoms with Gasteiger partial charge in [-0.05, 0) is 26.3 Å². The van der Waals surface area contributed by atoms with Gasteiger partial charge in [-0.3, -0.25) is 4.98 Å². The number of hydrogen-bond acceptors (Lipinski definition) is 5. The molecular formula is C15H24N4O. The van der Waals surface area contributed by atoms with E-state index in [4.69, 9.17) is 4.74 Å². The van der Waals surface area contributed by atoms with Crippen LogP contribution in [0.4, 0.5) is 5.82 Å². The zero-order valence-corrected chi connectivity index (χ0v) is 12.3. The largest absolute Gasteiger partial charge is 0.375 e. The Hall–Kier alpha value is -1.20. The SMILES string of the molecule is CN1CCOC(Cc2cnc(N3CCCCC3)cn2)C1. The minimum atomic E-state index is 0.254. The van der Waals surface area contributed by atoms with E-state index in [2.05, 4.69) is 26.8 Å². The number of aromatic nitrogens is 2. The van der Waals surface area contributed by atoms with Crippen molar-refractivity contribution in [1.82, 2.24) is 14.9 Å². The Labute approximate surface area is 121 Å². The maximum Gasteiger partial charge on any atom is 0.147 e. The summed E-state index contributed by atoms with van der Waals surface area (Å²) < 4.78 is 5.78. The van der Waals surface area contributed by atoms with Gasteiger partial charge in [-0.2, -0.15) is 0 Å². The fourth-order valence-electron chi connectivity index (χ4n) is 2.96. The first-order valence-electron chi connectivity index (χ1n) is 7.67. The molecule has 1 aromatic rings. The van der Waals surface area contributed by atoms with Gasteiger partial charge in [0.1, 0.15) is 5.82 Å². The fraction of sp³-hybridized carbons (Fsp3) is 0.733. The molecule has 3 heterocycles. The number of nitrogens with zero attached hydrogens (tertiary/aromatic N) is 4. The molecule has 2 saturated heterocycles. The first-order valence-corrected chi connectivity index (χ1v) is 7.67. The van der Waals surface area contributed by atoms with Crippen LogP contribution in [0.15, 0.2) is 12.4 Å². The Balaban J connectivity index is 1.58. The summed E-state index contributed by atoms with van der Waals surface area (Å²) in [5, 5.41) is 0. The lowest BCUT2D eigenvalue weighted by molar-refractivity contribution is -0.0190.